The number of hydrogen-bond acceptors (Lipinski definition) is 3. The number of hydrogen-bond donors (Lipinski definition) is 2. The number of nitrogens with zero attached hydrogens (tertiary/aromatic N) is 1. The number of aliphatic hydroxyl groups is 1. The van der Waals surface area contributed by atoms with E-state index in [0.29, 0.717) is 0 Å². The summed E-state index contributed by atoms with van der Waals surface area (Å²) in [7, 11) is -1.88. The molecule has 0 aliphatic rings. The molecule has 0 amide bonds. The van der Waals surface area contributed by atoms with Gasteiger partial charge in [0.05, 0.1) is 11.0 Å². The molecule has 7 heteroatoms. The lowest BCUT2D eigenvalue weighted by atomic mass is 10.2. The van der Waals surface area contributed by atoms with E-state index in [1.54, 1.807) is 29.9 Å². The highest BCUT2D eigenvalue weighted by Crippen LogP contribution is 2.16. The van der Waals surface area contributed by atoms with Gasteiger partial charge in [-0.15, -0.1) is 0 Å². The van der Waals surface area contributed by atoms with Crippen LogP contribution in [0.1, 0.15) is 18.2 Å². The molecule has 0 radical (unpaired) electrons. The van der Waals surface area contributed by atoms with E-state index in [2.05, 4.69) is 4.72 Å². The van der Waals surface area contributed by atoms with Gasteiger partial charge in [-0.25, -0.2) is 17.5 Å². The van der Waals surface area contributed by atoms with Crippen molar-refractivity contribution in [2.45, 2.75) is 17.4 Å². The number of aliphatic hydroxyl groups excluding tert-OH is 1. The minimum absolute atomic E-state index is 0.00254. The minimum atomic E-state index is -3.69. The Labute approximate surface area is 123 Å². The molecular formula is C14H17FN2O3S. The Morgan fingerprint density at radius 2 is 1.95 bits per heavy atom. The maximum atomic E-state index is 12.8. The van der Waals surface area contributed by atoms with Crippen LogP contribution in [-0.2, 0) is 17.1 Å². The van der Waals surface area contributed by atoms with Crippen LogP contribution in [0.3, 0.4) is 0 Å². The summed E-state index contributed by atoms with van der Waals surface area (Å²) in [5.74, 6) is -0.493. The van der Waals surface area contributed by atoms with Crippen molar-refractivity contribution in [2.24, 2.45) is 7.05 Å². The molecule has 21 heavy (non-hydrogen) atoms. The summed E-state index contributed by atoms with van der Waals surface area (Å²) in [5, 5.41) is 9.99. The molecule has 1 atom stereocenters. The van der Waals surface area contributed by atoms with E-state index in [9.17, 15) is 17.9 Å². The molecule has 1 unspecified atom stereocenters. The molecule has 0 aliphatic carbocycles. The quantitative estimate of drug-likeness (QED) is 0.850. The average Bonchev–Trinajstić information content (AvgIpc) is 2.85. The third kappa shape index (κ3) is 3.90. The number of aromatic nitrogens is 1. The van der Waals surface area contributed by atoms with E-state index in [0.717, 1.165) is 17.8 Å². The Kier molecular flexibility index (Phi) is 4.76. The second kappa shape index (κ2) is 6.38. The van der Waals surface area contributed by atoms with E-state index in [4.69, 9.17) is 0 Å². The Balaban J connectivity index is 1.93. The van der Waals surface area contributed by atoms with Crippen LogP contribution in [0.2, 0.25) is 0 Å². The molecule has 0 aliphatic heterocycles. The highest BCUT2D eigenvalue weighted by Gasteiger charge is 2.15. The van der Waals surface area contributed by atoms with Crippen LogP contribution in [0.5, 0.6) is 0 Å². The van der Waals surface area contributed by atoms with E-state index < -0.39 is 21.9 Å². The molecule has 1 heterocycles. The fourth-order valence-electron chi connectivity index (χ4n) is 2.00. The van der Waals surface area contributed by atoms with Gasteiger partial charge in [0.2, 0.25) is 10.0 Å². The van der Waals surface area contributed by atoms with Crippen LogP contribution in [0.4, 0.5) is 4.39 Å². The zero-order valence-electron chi connectivity index (χ0n) is 11.5. The predicted molar refractivity (Wildman–Crippen MR) is 76.6 cm³/mol. The molecule has 5 nitrogen and oxygen atoms in total. The van der Waals surface area contributed by atoms with Crippen LogP contribution in [0.25, 0.3) is 0 Å². The van der Waals surface area contributed by atoms with Gasteiger partial charge in [-0.2, -0.15) is 0 Å². The molecule has 2 aromatic rings. The predicted octanol–water partition coefficient (Wildman–Crippen LogP) is 1.57. The molecule has 0 fully saturated rings. The summed E-state index contributed by atoms with van der Waals surface area (Å²) in [4.78, 5) is -0.00254. The van der Waals surface area contributed by atoms with Gasteiger partial charge in [-0.1, -0.05) is 0 Å². The van der Waals surface area contributed by atoms with Crippen LogP contribution < -0.4 is 4.72 Å². The lowest BCUT2D eigenvalue weighted by Gasteiger charge is -2.12. The number of rotatable bonds is 6. The number of nitrogens with one attached hydrogen (secondary N) is 1. The Morgan fingerprint density at radius 1 is 1.29 bits per heavy atom. The van der Waals surface area contributed by atoms with Crippen molar-refractivity contribution >= 4 is 10.0 Å². The lowest BCUT2D eigenvalue weighted by Crippen LogP contribution is -2.26. The van der Waals surface area contributed by atoms with Crippen molar-refractivity contribution in [1.82, 2.24) is 9.29 Å². The Hall–Kier alpha value is -1.70. The van der Waals surface area contributed by atoms with Gasteiger partial charge in [-0.3, -0.25) is 0 Å². The molecular weight excluding hydrogens is 295 g/mol. The molecule has 0 bridgehead atoms. The molecule has 1 aromatic carbocycles. The summed E-state index contributed by atoms with van der Waals surface area (Å²) in [6.45, 7) is 0.0893. The van der Waals surface area contributed by atoms with Gasteiger partial charge < -0.3 is 9.67 Å². The largest absolute Gasteiger partial charge is 0.387 e. The van der Waals surface area contributed by atoms with Crippen molar-refractivity contribution in [1.29, 1.82) is 0 Å². The fraction of sp³-hybridized carbons (Fsp3) is 0.286. The van der Waals surface area contributed by atoms with Gasteiger partial charge in [-0.05, 0) is 42.8 Å². The highest BCUT2D eigenvalue weighted by molar-refractivity contribution is 7.89. The first kappa shape index (κ1) is 15.7. The van der Waals surface area contributed by atoms with Crippen molar-refractivity contribution in [3.05, 3.63) is 54.1 Å². The van der Waals surface area contributed by atoms with E-state index >= 15 is 0 Å². The summed E-state index contributed by atoms with van der Waals surface area (Å²) in [5.41, 5.74) is 0.719. The van der Waals surface area contributed by atoms with Crippen molar-refractivity contribution < 1.29 is 17.9 Å². The van der Waals surface area contributed by atoms with Gasteiger partial charge in [0, 0.05) is 25.5 Å². The van der Waals surface area contributed by atoms with Gasteiger partial charge >= 0.3 is 0 Å². The van der Waals surface area contributed by atoms with Crippen LogP contribution >= 0.6 is 0 Å². The average molecular weight is 312 g/mol. The third-order valence-corrected chi connectivity index (χ3v) is 4.64. The van der Waals surface area contributed by atoms with Gasteiger partial charge in [0.25, 0.3) is 0 Å². The summed E-state index contributed by atoms with van der Waals surface area (Å²) in [6, 6.07) is 8.16. The van der Waals surface area contributed by atoms with Gasteiger partial charge in [0.1, 0.15) is 5.82 Å². The summed E-state index contributed by atoms with van der Waals surface area (Å²) in [6.07, 6.45) is 1.31. The van der Waals surface area contributed by atoms with E-state index in [-0.39, 0.29) is 17.9 Å². The third-order valence-electron chi connectivity index (χ3n) is 3.16. The van der Waals surface area contributed by atoms with Crippen LogP contribution in [-0.4, -0.2) is 24.6 Å². The van der Waals surface area contributed by atoms with E-state index in [1.807, 2.05) is 0 Å². The monoisotopic (exact) mass is 312 g/mol. The summed E-state index contributed by atoms with van der Waals surface area (Å²) < 4.78 is 40.9. The fourth-order valence-corrected chi connectivity index (χ4v) is 3.04. The Bertz CT molecular complexity index is 695. The number of sulfonamides is 1. The smallest absolute Gasteiger partial charge is 0.240 e. The molecule has 0 saturated heterocycles. The molecule has 2 N–H and O–H groups in total. The van der Waals surface area contributed by atoms with Crippen molar-refractivity contribution in [2.75, 3.05) is 6.54 Å². The maximum absolute atomic E-state index is 12.8. The molecule has 0 spiro atoms. The second-order valence-electron chi connectivity index (χ2n) is 4.70. The minimum Gasteiger partial charge on any atom is -0.387 e. The van der Waals surface area contributed by atoms with E-state index in [1.165, 1.54) is 12.1 Å². The molecule has 114 valence electrons. The summed E-state index contributed by atoms with van der Waals surface area (Å²) >= 11 is 0. The van der Waals surface area contributed by atoms with Crippen LogP contribution in [0, 0.1) is 5.82 Å². The number of benzene rings is 1. The molecule has 2 rings (SSSR count). The second-order valence-corrected chi connectivity index (χ2v) is 6.47. The zero-order chi connectivity index (χ0) is 15.5. The first-order chi connectivity index (χ1) is 9.90. The zero-order valence-corrected chi connectivity index (χ0v) is 12.3. The first-order valence-electron chi connectivity index (χ1n) is 6.44. The number of aryl methyl sites for hydroxylation is 1. The lowest BCUT2D eigenvalue weighted by molar-refractivity contribution is 0.161. The molecule has 1 aromatic heterocycles. The van der Waals surface area contributed by atoms with Gasteiger partial charge in [0.15, 0.2) is 0 Å². The topological polar surface area (TPSA) is 71.3 Å². The molecule has 0 saturated carbocycles. The normalized spacial score (nSPS) is 13.3. The standard InChI is InChI=1S/C14H17FN2O3S/c1-17-10-2-3-13(17)14(18)8-9-16-21(19,20)12-6-4-11(15)5-7-12/h2-7,10,14,16,18H,8-9H2,1H3. The Morgan fingerprint density at radius 3 is 2.52 bits per heavy atom. The maximum Gasteiger partial charge on any atom is 0.240 e. The van der Waals surface area contributed by atoms with Crippen molar-refractivity contribution in [3.63, 3.8) is 0 Å². The van der Waals surface area contributed by atoms with Crippen LogP contribution in [0.15, 0.2) is 47.5 Å². The SMILES string of the molecule is Cn1cccc1C(O)CCNS(=O)(=O)c1ccc(F)cc1. The number of halogens is 1. The highest BCUT2D eigenvalue weighted by atomic mass is 32.2. The first-order valence-corrected chi connectivity index (χ1v) is 7.93. The van der Waals surface area contributed by atoms with Crippen molar-refractivity contribution in [3.8, 4) is 0 Å².